The van der Waals surface area contributed by atoms with E-state index in [0.29, 0.717) is 25.5 Å². The molecule has 1 atom stereocenters. The largest absolute Gasteiger partial charge is 0.454 e. The molecule has 2 heterocycles. The van der Waals surface area contributed by atoms with Gasteiger partial charge in [0.15, 0.2) is 11.5 Å². The average molecular weight is 373 g/mol. The SMILES string of the molecule is O=C(NC[C@H](c1ccc2c(c1)OCO2)[NH+]1CCOCC1)c1ccccc1F. The number of amides is 1. The van der Waals surface area contributed by atoms with E-state index in [2.05, 4.69) is 5.32 Å². The van der Waals surface area contributed by atoms with Gasteiger partial charge in [0.05, 0.1) is 25.3 Å². The summed E-state index contributed by atoms with van der Waals surface area (Å²) in [6, 6.07) is 11.9. The van der Waals surface area contributed by atoms with Gasteiger partial charge in [0, 0.05) is 5.56 Å². The Bertz CT molecular complexity index is 823. The van der Waals surface area contributed by atoms with E-state index in [9.17, 15) is 9.18 Å². The van der Waals surface area contributed by atoms with Crippen LogP contribution >= 0.6 is 0 Å². The third-order valence-corrected chi connectivity index (χ3v) is 5.01. The summed E-state index contributed by atoms with van der Waals surface area (Å²) in [6.45, 7) is 3.65. The van der Waals surface area contributed by atoms with Gasteiger partial charge in [-0.3, -0.25) is 4.79 Å². The average Bonchev–Trinajstić information content (AvgIpc) is 3.17. The van der Waals surface area contributed by atoms with Gasteiger partial charge < -0.3 is 24.4 Å². The fraction of sp³-hybridized carbons (Fsp3) is 0.350. The van der Waals surface area contributed by atoms with Crippen molar-refractivity contribution < 1.29 is 28.3 Å². The first-order valence-electron chi connectivity index (χ1n) is 9.07. The second kappa shape index (κ2) is 7.94. The Labute approximate surface area is 156 Å². The van der Waals surface area contributed by atoms with E-state index in [4.69, 9.17) is 14.2 Å². The summed E-state index contributed by atoms with van der Waals surface area (Å²) in [5, 5.41) is 2.89. The number of ether oxygens (including phenoxy) is 3. The summed E-state index contributed by atoms with van der Waals surface area (Å²) in [7, 11) is 0. The Morgan fingerprint density at radius 3 is 2.70 bits per heavy atom. The van der Waals surface area contributed by atoms with Crippen LogP contribution < -0.4 is 19.7 Å². The van der Waals surface area contributed by atoms with Gasteiger partial charge in [0.2, 0.25) is 6.79 Å². The van der Waals surface area contributed by atoms with Crippen molar-refractivity contribution in [2.24, 2.45) is 0 Å². The second-order valence-electron chi connectivity index (χ2n) is 6.63. The van der Waals surface area contributed by atoms with E-state index in [1.165, 1.54) is 17.0 Å². The Balaban J connectivity index is 1.53. The van der Waals surface area contributed by atoms with Crippen LogP contribution in [0.2, 0.25) is 0 Å². The second-order valence-corrected chi connectivity index (χ2v) is 6.63. The van der Waals surface area contributed by atoms with E-state index in [1.807, 2.05) is 18.2 Å². The number of quaternary nitrogens is 1. The van der Waals surface area contributed by atoms with Gasteiger partial charge in [-0.2, -0.15) is 0 Å². The molecule has 1 saturated heterocycles. The van der Waals surface area contributed by atoms with Crippen LogP contribution in [0.1, 0.15) is 22.0 Å². The van der Waals surface area contributed by atoms with Crippen LogP contribution in [0.4, 0.5) is 4.39 Å². The molecule has 2 aromatic rings. The number of hydrogen-bond acceptors (Lipinski definition) is 4. The van der Waals surface area contributed by atoms with Crippen molar-refractivity contribution in [2.45, 2.75) is 6.04 Å². The van der Waals surface area contributed by atoms with Crippen LogP contribution in [-0.2, 0) is 4.74 Å². The highest BCUT2D eigenvalue weighted by Crippen LogP contribution is 2.33. The Morgan fingerprint density at radius 1 is 1.11 bits per heavy atom. The first kappa shape index (κ1) is 17.8. The fourth-order valence-corrected chi connectivity index (χ4v) is 3.55. The molecule has 2 aromatic carbocycles. The molecule has 6 nitrogen and oxygen atoms in total. The number of rotatable bonds is 5. The predicted molar refractivity (Wildman–Crippen MR) is 95.6 cm³/mol. The summed E-state index contributed by atoms with van der Waals surface area (Å²) in [6.07, 6.45) is 0. The Morgan fingerprint density at radius 2 is 1.89 bits per heavy atom. The van der Waals surface area contributed by atoms with Gasteiger partial charge in [-0.05, 0) is 30.3 Å². The number of halogens is 1. The van der Waals surface area contributed by atoms with Crippen LogP contribution in [0.3, 0.4) is 0 Å². The molecule has 7 heteroatoms. The summed E-state index contributed by atoms with van der Waals surface area (Å²) in [4.78, 5) is 13.8. The van der Waals surface area contributed by atoms with E-state index in [0.717, 1.165) is 24.4 Å². The molecule has 0 spiro atoms. The van der Waals surface area contributed by atoms with Crippen molar-refractivity contribution in [3.63, 3.8) is 0 Å². The molecule has 4 rings (SSSR count). The monoisotopic (exact) mass is 373 g/mol. The molecule has 1 amide bonds. The van der Waals surface area contributed by atoms with Gasteiger partial charge in [0.1, 0.15) is 24.9 Å². The predicted octanol–water partition coefficient (Wildman–Crippen LogP) is 0.941. The zero-order chi connectivity index (χ0) is 18.6. The van der Waals surface area contributed by atoms with Crippen LogP contribution in [0, 0.1) is 5.82 Å². The Hall–Kier alpha value is -2.64. The molecular formula is C20H22FN2O4+. The highest BCUT2D eigenvalue weighted by Gasteiger charge is 2.29. The minimum Gasteiger partial charge on any atom is -0.454 e. The lowest BCUT2D eigenvalue weighted by molar-refractivity contribution is -0.937. The first-order chi connectivity index (χ1) is 13.2. The fourth-order valence-electron chi connectivity index (χ4n) is 3.55. The van der Waals surface area contributed by atoms with E-state index in [1.54, 1.807) is 12.1 Å². The van der Waals surface area contributed by atoms with Crippen molar-refractivity contribution in [3.8, 4) is 11.5 Å². The van der Waals surface area contributed by atoms with Crippen molar-refractivity contribution >= 4 is 5.91 Å². The van der Waals surface area contributed by atoms with Gasteiger partial charge in [-0.25, -0.2) is 4.39 Å². The molecule has 1 fully saturated rings. The molecular weight excluding hydrogens is 351 g/mol. The number of carbonyl (C=O) groups is 1. The quantitative estimate of drug-likeness (QED) is 0.819. The van der Waals surface area contributed by atoms with Crippen molar-refractivity contribution in [1.29, 1.82) is 0 Å². The number of carbonyl (C=O) groups excluding carboxylic acids is 1. The zero-order valence-electron chi connectivity index (χ0n) is 14.9. The molecule has 0 saturated carbocycles. The summed E-state index contributed by atoms with van der Waals surface area (Å²) >= 11 is 0. The number of morpholine rings is 1. The molecule has 27 heavy (non-hydrogen) atoms. The zero-order valence-corrected chi connectivity index (χ0v) is 14.9. The Kier molecular flexibility index (Phi) is 5.22. The highest BCUT2D eigenvalue weighted by molar-refractivity contribution is 5.94. The molecule has 2 N–H and O–H groups in total. The van der Waals surface area contributed by atoms with Gasteiger partial charge >= 0.3 is 0 Å². The first-order valence-corrected chi connectivity index (χ1v) is 9.07. The highest BCUT2D eigenvalue weighted by atomic mass is 19.1. The van der Waals surface area contributed by atoms with Gasteiger partial charge in [0.25, 0.3) is 5.91 Å². The molecule has 0 radical (unpaired) electrons. The van der Waals surface area contributed by atoms with E-state index in [-0.39, 0.29) is 18.4 Å². The van der Waals surface area contributed by atoms with Crippen LogP contribution in [0.5, 0.6) is 11.5 Å². The van der Waals surface area contributed by atoms with E-state index >= 15 is 0 Å². The molecule has 2 aliphatic heterocycles. The molecule has 0 unspecified atom stereocenters. The molecule has 142 valence electrons. The van der Waals surface area contributed by atoms with Crippen LogP contribution in [0.25, 0.3) is 0 Å². The third kappa shape index (κ3) is 3.89. The van der Waals surface area contributed by atoms with Crippen molar-refractivity contribution in [2.75, 3.05) is 39.6 Å². The van der Waals surface area contributed by atoms with E-state index < -0.39 is 11.7 Å². The maximum atomic E-state index is 13.9. The van der Waals surface area contributed by atoms with Crippen molar-refractivity contribution in [3.05, 3.63) is 59.4 Å². The summed E-state index contributed by atoms with van der Waals surface area (Å²) in [5.41, 5.74) is 1.10. The number of hydrogen-bond donors (Lipinski definition) is 2. The minimum atomic E-state index is -0.520. The molecule has 0 aromatic heterocycles. The van der Waals surface area contributed by atoms with Crippen LogP contribution in [-0.4, -0.2) is 45.5 Å². The molecule has 0 bridgehead atoms. The molecule has 2 aliphatic rings. The minimum absolute atomic E-state index is 0.0131. The lowest BCUT2D eigenvalue weighted by Gasteiger charge is -2.32. The third-order valence-electron chi connectivity index (χ3n) is 5.01. The normalized spacial score (nSPS) is 17.5. The lowest BCUT2D eigenvalue weighted by atomic mass is 10.0. The summed E-state index contributed by atoms with van der Waals surface area (Å²) in [5.74, 6) is 0.510. The number of fused-ring (bicyclic) bond motifs is 1. The lowest BCUT2D eigenvalue weighted by Crippen LogP contribution is -3.15. The van der Waals surface area contributed by atoms with Crippen LogP contribution in [0.15, 0.2) is 42.5 Å². The standard InChI is InChI=1S/C20H21FN2O4/c21-16-4-2-1-3-15(16)20(24)22-12-17(23-7-9-25-10-8-23)14-5-6-18-19(11-14)27-13-26-18/h1-6,11,17H,7-10,12-13H2,(H,22,24)/p+1/t17-/m1/s1. The number of nitrogens with one attached hydrogen (secondary N) is 2. The van der Waals surface area contributed by atoms with Crippen molar-refractivity contribution in [1.82, 2.24) is 5.32 Å². The maximum absolute atomic E-state index is 13.9. The van der Waals surface area contributed by atoms with Gasteiger partial charge in [-0.15, -0.1) is 0 Å². The maximum Gasteiger partial charge on any atom is 0.254 e. The number of benzene rings is 2. The van der Waals surface area contributed by atoms with Gasteiger partial charge in [-0.1, -0.05) is 12.1 Å². The topological polar surface area (TPSA) is 61.2 Å². The smallest absolute Gasteiger partial charge is 0.254 e. The molecule has 0 aliphatic carbocycles. The summed E-state index contributed by atoms with van der Waals surface area (Å²) < 4.78 is 30.2.